The van der Waals surface area contributed by atoms with Crippen molar-refractivity contribution in [2.24, 2.45) is 11.8 Å². The molecule has 2 atom stereocenters. The number of hydrogen-bond donors (Lipinski definition) is 1. The van der Waals surface area contributed by atoms with E-state index in [9.17, 15) is 0 Å². The lowest BCUT2D eigenvalue weighted by Gasteiger charge is -2.29. The van der Waals surface area contributed by atoms with E-state index in [0.717, 1.165) is 36.0 Å². The van der Waals surface area contributed by atoms with Crippen LogP contribution < -0.4 is 5.73 Å². The van der Waals surface area contributed by atoms with Gasteiger partial charge in [0.25, 0.3) is 0 Å². The third kappa shape index (κ3) is 2.41. The van der Waals surface area contributed by atoms with Gasteiger partial charge in [0, 0.05) is 18.7 Å². The molecule has 1 aromatic heterocycles. The van der Waals surface area contributed by atoms with Crippen molar-refractivity contribution in [1.29, 1.82) is 0 Å². The molecule has 3 heteroatoms. The molecular formula is C17H25N3. The molecule has 20 heavy (non-hydrogen) atoms. The zero-order valence-corrected chi connectivity index (χ0v) is 12.6. The summed E-state index contributed by atoms with van der Waals surface area (Å²) in [4.78, 5) is 4.77. The number of nitrogens with two attached hydrogens (primary N) is 1. The van der Waals surface area contributed by atoms with Gasteiger partial charge in [0.15, 0.2) is 0 Å². The summed E-state index contributed by atoms with van der Waals surface area (Å²) in [6.07, 6.45) is 6.51. The second-order valence-electron chi connectivity index (χ2n) is 6.26. The average molecular weight is 271 g/mol. The van der Waals surface area contributed by atoms with Crippen molar-refractivity contribution in [1.82, 2.24) is 9.55 Å². The first-order valence-electron chi connectivity index (χ1n) is 7.93. The zero-order valence-electron chi connectivity index (χ0n) is 12.6. The number of rotatable bonds is 3. The Morgan fingerprint density at radius 1 is 1.30 bits per heavy atom. The highest BCUT2D eigenvalue weighted by Gasteiger charge is 2.23. The molecule has 1 aromatic carbocycles. The molecule has 1 fully saturated rings. The molecule has 0 amide bonds. The van der Waals surface area contributed by atoms with Crippen LogP contribution in [0.15, 0.2) is 18.2 Å². The van der Waals surface area contributed by atoms with Gasteiger partial charge < -0.3 is 10.3 Å². The summed E-state index contributed by atoms with van der Waals surface area (Å²) in [6.45, 7) is 5.71. The Bertz CT molecular complexity index is 600. The van der Waals surface area contributed by atoms with Crippen molar-refractivity contribution >= 4 is 16.7 Å². The lowest BCUT2D eigenvalue weighted by Crippen LogP contribution is -2.22. The molecule has 0 radical (unpaired) electrons. The van der Waals surface area contributed by atoms with Crippen molar-refractivity contribution in [3.63, 3.8) is 0 Å². The fourth-order valence-corrected chi connectivity index (χ4v) is 3.57. The van der Waals surface area contributed by atoms with Crippen LogP contribution in [0.1, 0.15) is 45.4 Å². The quantitative estimate of drug-likeness (QED) is 0.857. The molecule has 2 aromatic rings. The average Bonchev–Trinajstić information content (AvgIpc) is 2.78. The van der Waals surface area contributed by atoms with E-state index in [1.54, 1.807) is 0 Å². The largest absolute Gasteiger partial charge is 0.399 e. The molecule has 3 rings (SSSR count). The third-order valence-corrected chi connectivity index (χ3v) is 4.87. The minimum atomic E-state index is 0.795. The van der Waals surface area contributed by atoms with Crippen molar-refractivity contribution in [2.75, 3.05) is 5.73 Å². The maximum absolute atomic E-state index is 5.88. The summed E-state index contributed by atoms with van der Waals surface area (Å²) in [5, 5.41) is 0. The normalized spacial score (nSPS) is 23.3. The van der Waals surface area contributed by atoms with Gasteiger partial charge in [0.05, 0.1) is 11.0 Å². The van der Waals surface area contributed by atoms with Gasteiger partial charge in [0.2, 0.25) is 0 Å². The van der Waals surface area contributed by atoms with Crippen LogP contribution in [-0.4, -0.2) is 9.55 Å². The number of aromatic nitrogens is 2. The lowest BCUT2D eigenvalue weighted by molar-refractivity contribution is 0.229. The van der Waals surface area contributed by atoms with Crippen LogP contribution in [-0.2, 0) is 13.0 Å². The highest BCUT2D eigenvalue weighted by molar-refractivity contribution is 5.79. The number of nitrogen functional groups attached to an aromatic ring is 1. The number of imidazole rings is 1. The van der Waals surface area contributed by atoms with Crippen LogP contribution in [0.5, 0.6) is 0 Å². The first kappa shape index (κ1) is 13.5. The van der Waals surface area contributed by atoms with E-state index in [1.807, 2.05) is 12.1 Å². The van der Waals surface area contributed by atoms with E-state index in [0.29, 0.717) is 0 Å². The van der Waals surface area contributed by atoms with E-state index >= 15 is 0 Å². The van der Waals surface area contributed by atoms with Gasteiger partial charge in [-0.25, -0.2) is 4.98 Å². The number of hydrogen-bond acceptors (Lipinski definition) is 2. The Balaban J connectivity index is 1.96. The molecule has 0 spiro atoms. The van der Waals surface area contributed by atoms with E-state index < -0.39 is 0 Å². The van der Waals surface area contributed by atoms with Gasteiger partial charge in [0.1, 0.15) is 5.82 Å². The smallest absolute Gasteiger partial charge is 0.109 e. The monoisotopic (exact) mass is 271 g/mol. The van der Waals surface area contributed by atoms with Crippen molar-refractivity contribution in [3.8, 4) is 0 Å². The van der Waals surface area contributed by atoms with E-state index in [2.05, 4.69) is 24.5 Å². The van der Waals surface area contributed by atoms with Crippen LogP contribution in [0.2, 0.25) is 0 Å². The fraction of sp³-hybridized carbons (Fsp3) is 0.588. The molecule has 3 nitrogen and oxygen atoms in total. The van der Waals surface area contributed by atoms with Crippen molar-refractivity contribution < 1.29 is 0 Å². The molecule has 1 aliphatic rings. The highest BCUT2D eigenvalue weighted by atomic mass is 15.1. The number of nitrogens with zero attached hydrogens (tertiary/aromatic N) is 2. The predicted octanol–water partition coefficient (Wildman–Crippen LogP) is 4.01. The fourth-order valence-electron chi connectivity index (χ4n) is 3.57. The summed E-state index contributed by atoms with van der Waals surface area (Å²) >= 11 is 0. The number of fused-ring (bicyclic) bond motifs is 1. The molecule has 1 saturated carbocycles. The van der Waals surface area contributed by atoms with Crippen LogP contribution in [0, 0.1) is 11.8 Å². The van der Waals surface area contributed by atoms with Gasteiger partial charge in [-0.15, -0.1) is 0 Å². The van der Waals surface area contributed by atoms with E-state index in [1.165, 1.54) is 37.0 Å². The molecule has 1 heterocycles. The minimum absolute atomic E-state index is 0.795. The number of aryl methyl sites for hydroxylation is 1. The maximum Gasteiger partial charge on any atom is 0.109 e. The molecule has 2 N–H and O–H groups in total. The highest BCUT2D eigenvalue weighted by Crippen LogP contribution is 2.32. The van der Waals surface area contributed by atoms with E-state index in [-0.39, 0.29) is 0 Å². The molecular weight excluding hydrogens is 246 g/mol. The molecule has 0 aliphatic heterocycles. The summed E-state index contributed by atoms with van der Waals surface area (Å²) in [5.41, 5.74) is 8.97. The number of anilines is 1. The first-order chi connectivity index (χ1) is 9.69. The molecule has 1 aliphatic carbocycles. The Morgan fingerprint density at radius 3 is 2.85 bits per heavy atom. The van der Waals surface area contributed by atoms with Gasteiger partial charge in [-0.05, 0) is 36.5 Å². The zero-order chi connectivity index (χ0) is 14.1. The molecule has 108 valence electrons. The predicted molar refractivity (Wildman–Crippen MR) is 84.6 cm³/mol. The minimum Gasteiger partial charge on any atom is -0.399 e. The van der Waals surface area contributed by atoms with Crippen LogP contribution in [0.4, 0.5) is 5.69 Å². The van der Waals surface area contributed by atoms with Crippen molar-refractivity contribution in [2.45, 2.75) is 52.5 Å². The standard InChI is InChI=1S/C17H25N3/c1-3-17-19-15-10-14(18)8-9-16(15)20(17)11-13-7-5-4-6-12(13)2/h8-10,12-13H,3-7,11,18H2,1-2H3. The first-order valence-corrected chi connectivity index (χ1v) is 7.93. The third-order valence-electron chi connectivity index (χ3n) is 4.87. The Kier molecular flexibility index (Phi) is 3.68. The van der Waals surface area contributed by atoms with Gasteiger partial charge >= 0.3 is 0 Å². The SMILES string of the molecule is CCc1nc2cc(N)ccc2n1CC1CCCCC1C. The summed E-state index contributed by atoms with van der Waals surface area (Å²) in [7, 11) is 0. The summed E-state index contributed by atoms with van der Waals surface area (Å²) in [6, 6.07) is 6.11. The second kappa shape index (κ2) is 5.47. The summed E-state index contributed by atoms with van der Waals surface area (Å²) < 4.78 is 2.43. The van der Waals surface area contributed by atoms with Crippen LogP contribution >= 0.6 is 0 Å². The molecule has 2 unspecified atom stereocenters. The van der Waals surface area contributed by atoms with Gasteiger partial charge in [-0.3, -0.25) is 0 Å². The van der Waals surface area contributed by atoms with Crippen LogP contribution in [0.25, 0.3) is 11.0 Å². The van der Waals surface area contributed by atoms with Crippen LogP contribution in [0.3, 0.4) is 0 Å². The number of benzene rings is 1. The van der Waals surface area contributed by atoms with Gasteiger partial charge in [-0.2, -0.15) is 0 Å². The molecule has 0 bridgehead atoms. The maximum atomic E-state index is 5.88. The Morgan fingerprint density at radius 2 is 2.10 bits per heavy atom. The summed E-state index contributed by atoms with van der Waals surface area (Å²) in [5.74, 6) is 2.83. The second-order valence-corrected chi connectivity index (χ2v) is 6.26. The topological polar surface area (TPSA) is 43.8 Å². The van der Waals surface area contributed by atoms with E-state index in [4.69, 9.17) is 10.7 Å². The lowest BCUT2D eigenvalue weighted by atomic mass is 9.80. The van der Waals surface area contributed by atoms with Crippen molar-refractivity contribution in [3.05, 3.63) is 24.0 Å². The van der Waals surface area contributed by atoms with Gasteiger partial charge in [-0.1, -0.05) is 33.1 Å². The Hall–Kier alpha value is -1.51. The molecule has 0 saturated heterocycles. The Labute approximate surface area is 121 Å².